The predicted molar refractivity (Wildman–Crippen MR) is 106 cm³/mol. The Morgan fingerprint density at radius 1 is 1.12 bits per heavy atom. The van der Waals surface area contributed by atoms with Crippen molar-refractivity contribution in [3.05, 3.63) is 34.9 Å². The lowest BCUT2D eigenvalue weighted by atomic mass is 9.95. The lowest BCUT2D eigenvalue weighted by Crippen LogP contribution is -2.51. The van der Waals surface area contributed by atoms with Gasteiger partial charge in [-0.25, -0.2) is 0 Å². The number of likely N-dealkylation sites (tertiary alicyclic amines) is 1. The summed E-state index contributed by atoms with van der Waals surface area (Å²) < 4.78 is 0. The minimum absolute atomic E-state index is 0. The van der Waals surface area contributed by atoms with Gasteiger partial charge in [0.1, 0.15) is 0 Å². The summed E-state index contributed by atoms with van der Waals surface area (Å²) in [6.07, 6.45) is 3.89. The normalized spacial score (nSPS) is 23.1. The molecule has 1 aromatic rings. The van der Waals surface area contributed by atoms with Crippen molar-refractivity contribution in [3.8, 4) is 0 Å². The zero-order valence-electron chi connectivity index (χ0n) is 15.7. The molecule has 2 atom stereocenters. The topological polar surface area (TPSA) is 61.4 Å². The van der Waals surface area contributed by atoms with Crippen molar-refractivity contribution in [1.82, 2.24) is 15.5 Å². The highest BCUT2D eigenvalue weighted by molar-refractivity contribution is 5.95. The van der Waals surface area contributed by atoms with E-state index in [4.69, 9.17) is 0 Å². The zero-order chi connectivity index (χ0) is 17.8. The van der Waals surface area contributed by atoms with E-state index in [1.54, 1.807) is 0 Å². The van der Waals surface area contributed by atoms with E-state index in [1.807, 2.05) is 30.9 Å². The van der Waals surface area contributed by atoms with Crippen molar-refractivity contribution in [2.24, 2.45) is 5.92 Å². The highest BCUT2D eigenvalue weighted by Gasteiger charge is 2.30. The molecule has 0 spiro atoms. The standard InChI is InChI=1S/C20H29N3O2.ClH/c1-14-9-15(2)11-17(10-14)20(25)23-8-4-5-16(13-23)19(24)22-18-6-3-7-21-12-18;/h9-11,16,18,21H,3-8,12-13H2,1-2H3,(H,22,24);1H. The quantitative estimate of drug-likeness (QED) is 0.848. The van der Waals surface area contributed by atoms with Crippen molar-refractivity contribution >= 4 is 24.2 Å². The first-order valence-corrected chi connectivity index (χ1v) is 9.41. The molecule has 144 valence electrons. The lowest BCUT2D eigenvalue weighted by Gasteiger charge is -2.33. The van der Waals surface area contributed by atoms with E-state index < -0.39 is 0 Å². The SMILES string of the molecule is Cc1cc(C)cc(C(=O)N2CCCC(C(=O)NC3CCCNC3)C2)c1.Cl. The molecule has 0 radical (unpaired) electrons. The molecular formula is C20H30ClN3O2. The van der Waals surface area contributed by atoms with E-state index in [0.29, 0.717) is 6.54 Å². The number of rotatable bonds is 3. The molecule has 2 saturated heterocycles. The number of amides is 2. The fraction of sp³-hybridized carbons (Fsp3) is 0.600. The van der Waals surface area contributed by atoms with Crippen LogP contribution in [-0.4, -0.2) is 48.9 Å². The van der Waals surface area contributed by atoms with Gasteiger partial charge in [-0.05, 0) is 58.2 Å². The third-order valence-corrected chi connectivity index (χ3v) is 5.19. The number of hydrogen-bond acceptors (Lipinski definition) is 3. The van der Waals surface area contributed by atoms with Crippen LogP contribution in [0, 0.1) is 19.8 Å². The summed E-state index contributed by atoms with van der Waals surface area (Å²) in [6.45, 7) is 7.17. The zero-order valence-corrected chi connectivity index (χ0v) is 16.5. The summed E-state index contributed by atoms with van der Waals surface area (Å²) in [5.74, 6) is 0.0563. The van der Waals surface area contributed by atoms with Gasteiger partial charge in [-0.2, -0.15) is 0 Å². The largest absolute Gasteiger partial charge is 0.352 e. The van der Waals surface area contributed by atoms with Gasteiger partial charge in [0.25, 0.3) is 5.91 Å². The maximum atomic E-state index is 12.8. The van der Waals surface area contributed by atoms with Crippen molar-refractivity contribution < 1.29 is 9.59 Å². The molecule has 5 nitrogen and oxygen atoms in total. The number of hydrogen-bond donors (Lipinski definition) is 2. The van der Waals surface area contributed by atoms with E-state index in [9.17, 15) is 9.59 Å². The van der Waals surface area contributed by atoms with Crippen LogP contribution < -0.4 is 10.6 Å². The summed E-state index contributed by atoms with van der Waals surface area (Å²) >= 11 is 0. The van der Waals surface area contributed by atoms with E-state index in [-0.39, 0.29) is 36.2 Å². The average Bonchev–Trinajstić information content (AvgIpc) is 2.61. The summed E-state index contributed by atoms with van der Waals surface area (Å²) in [7, 11) is 0. The molecule has 3 rings (SSSR count). The lowest BCUT2D eigenvalue weighted by molar-refractivity contribution is -0.127. The predicted octanol–water partition coefficient (Wildman–Crippen LogP) is 2.45. The molecule has 0 aliphatic carbocycles. The van der Waals surface area contributed by atoms with Gasteiger partial charge in [0.05, 0.1) is 5.92 Å². The number of halogens is 1. The first-order valence-electron chi connectivity index (χ1n) is 9.41. The summed E-state index contributed by atoms with van der Waals surface area (Å²) in [5, 5.41) is 6.49. The minimum atomic E-state index is -0.0921. The minimum Gasteiger partial charge on any atom is -0.352 e. The van der Waals surface area contributed by atoms with Gasteiger partial charge in [0.2, 0.25) is 5.91 Å². The van der Waals surface area contributed by atoms with Crippen LogP contribution in [0.1, 0.15) is 47.2 Å². The first kappa shape index (κ1) is 20.7. The fourth-order valence-corrected chi connectivity index (χ4v) is 3.95. The Kier molecular flexibility index (Phi) is 7.47. The van der Waals surface area contributed by atoms with E-state index >= 15 is 0 Å². The van der Waals surface area contributed by atoms with Crippen molar-refractivity contribution in [2.75, 3.05) is 26.2 Å². The monoisotopic (exact) mass is 379 g/mol. The molecule has 2 N–H and O–H groups in total. The summed E-state index contributed by atoms with van der Waals surface area (Å²) in [6, 6.07) is 6.17. The molecule has 2 fully saturated rings. The van der Waals surface area contributed by atoms with Crippen LogP contribution >= 0.6 is 12.4 Å². The molecule has 0 saturated carbocycles. The summed E-state index contributed by atoms with van der Waals surface area (Å²) in [5.41, 5.74) is 2.92. The Morgan fingerprint density at radius 2 is 1.85 bits per heavy atom. The molecule has 6 heteroatoms. The highest BCUT2D eigenvalue weighted by atomic mass is 35.5. The Bertz CT molecular complexity index is 624. The number of aryl methyl sites for hydroxylation is 2. The molecule has 2 unspecified atom stereocenters. The first-order chi connectivity index (χ1) is 12.0. The second kappa shape index (κ2) is 9.38. The number of piperidine rings is 2. The van der Waals surface area contributed by atoms with Crippen LogP contribution in [0.3, 0.4) is 0 Å². The van der Waals surface area contributed by atoms with Gasteiger partial charge >= 0.3 is 0 Å². The third kappa shape index (κ3) is 5.21. The second-order valence-corrected chi connectivity index (χ2v) is 7.52. The summed E-state index contributed by atoms with van der Waals surface area (Å²) in [4.78, 5) is 27.3. The molecule has 26 heavy (non-hydrogen) atoms. The van der Waals surface area contributed by atoms with Gasteiger partial charge in [0.15, 0.2) is 0 Å². The molecule has 0 bridgehead atoms. The Balaban J connectivity index is 0.00000243. The molecule has 2 aliphatic heterocycles. The van der Waals surface area contributed by atoms with Gasteiger partial charge in [-0.15, -0.1) is 12.4 Å². The van der Waals surface area contributed by atoms with E-state index in [0.717, 1.165) is 62.0 Å². The van der Waals surface area contributed by atoms with Crippen LogP contribution in [0.2, 0.25) is 0 Å². The molecule has 1 aromatic carbocycles. The van der Waals surface area contributed by atoms with Gasteiger partial charge in [-0.3, -0.25) is 9.59 Å². The number of carbonyl (C=O) groups is 2. The molecular weight excluding hydrogens is 350 g/mol. The van der Waals surface area contributed by atoms with Crippen molar-refractivity contribution in [3.63, 3.8) is 0 Å². The molecule has 2 amide bonds. The fourth-order valence-electron chi connectivity index (χ4n) is 3.95. The average molecular weight is 380 g/mol. The maximum Gasteiger partial charge on any atom is 0.253 e. The molecule has 2 heterocycles. The van der Waals surface area contributed by atoms with Crippen LogP contribution in [0.15, 0.2) is 18.2 Å². The smallest absolute Gasteiger partial charge is 0.253 e. The number of nitrogens with zero attached hydrogens (tertiary/aromatic N) is 1. The van der Waals surface area contributed by atoms with Crippen LogP contribution in [0.4, 0.5) is 0 Å². The second-order valence-electron chi connectivity index (χ2n) is 7.52. The van der Waals surface area contributed by atoms with Gasteiger partial charge < -0.3 is 15.5 Å². The third-order valence-electron chi connectivity index (χ3n) is 5.19. The van der Waals surface area contributed by atoms with Gasteiger partial charge in [0, 0.05) is 31.2 Å². The van der Waals surface area contributed by atoms with Crippen molar-refractivity contribution in [1.29, 1.82) is 0 Å². The highest BCUT2D eigenvalue weighted by Crippen LogP contribution is 2.20. The van der Waals surface area contributed by atoms with E-state index in [1.165, 1.54) is 0 Å². The Hall–Kier alpha value is -1.59. The Labute approximate surface area is 162 Å². The van der Waals surface area contributed by atoms with Crippen LogP contribution in [0.25, 0.3) is 0 Å². The van der Waals surface area contributed by atoms with Gasteiger partial charge in [-0.1, -0.05) is 17.2 Å². The van der Waals surface area contributed by atoms with Crippen LogP contribution in [0.5, 0.6) is 0 Å². The number of nitrogens with one attached hydrogen (secondary N) is 2. The van der Waals surface area contributed by atoms with Crippen molar-refractivity contribution in [2.45, 2.75) is 45.6 Å². The molecule has 2 aliphatic rings. The van der Waals surface area contributed by atoms with E-state index in [2.05, 4.69) is 16.7 Å². The molecule has 0 aromatic heterocycles. The maximum absolute atomic E-state index is 12.8. The van der Waals surface area contributed by atoms with Crippen LogP contribution in [-0.2, 0) is 4.79 Å². The number of benzene rings is 1. The number of carbonyl (C=O) groups excluding carboxylic acids is 2. The Morgan fingerprint density at radius 3 is 2.50 bits per heavy atom.